The summed E-state index contributed by atoms with van der Waals surface area (Å²) in [4.78, 5) is 11.7. The molecule has 92 valence electrons. The Morgan fingerprint density at radius 2 is 2.06 bits per heavy atom. The Kier molecular flexibility index (Phi) is 5.94. The molecular formula is C13H16BrNO2. The molecule has 0 spiro atoms. The van der Waals surface area contributed by atoms with Crippen molar-refractivity contribution in [3.05, 3.63) is 46.5 Å². The Bertz CT molecular complexity index is 387. The van der Waals surface area contributed by atoms with Crippen molar-refractivity contribution in [2.45, 2.75) is 6.92 Å². The van der Waals surface area contributed by atoms with Gasteiger partial charge in [-0.25, -0.2) is 0 Å². The van der Waals surface area contributed by atoms with Crippen molar-refractivity contribution in [2.75, 3.05) is 19.8 Å². The van der Waals surface area contributed by atoms with Crippen LogP contribution in [0.15, 0.2) is 40.9 Å². The smallest absolute Gasteiger partial charge is 0.251 e. The Balaban J connectivity index is 2.25. The summed E-state index contributed by atoms with van der Waals surface area (Å²) in [7, 11) is 0. The second kappa shape index (κ2) is 7.25. The van der Waals surface area contributed by atoms with Crippen LogP contribution in [0.3, 0.4) is 0 Å². The minimum Gasteiger partial charge on any atom is -0.375 e. The Hall–Kier alpha value is -1.13. The highest BCUT2D eigenvalue weighted by Crippen LogP contribution is 2.10. The van der Waals surface area contributed by atoms with E-state index in [-0.39, 0.29) is 5.91 Å². The van der Waals surface area contributed by atoms with E-state index in [0.29, 0.717) is 25.3 Å². The summed E-state index contributed by atoms with van der Waals surface area (Å²) in [5, 5.41) is 2.78. The number of halogens is 1. The maximum atomic E-state index is 11.7. The maximum Gasteiger partial charge on any atom is 0.251 e. The van der Waals surface area contributed by atoms with Gasteiger partial charge in [-0.2, -0.15) is 0 Å². The second-order valence-corrected chi connectivity index (χ2v) is 4.69. The average molecular weight is 298 g/mol. The summed E-state index contributed by atoms with van der Waals surface area (Å²) in [5.74, 6) is -0.0866. The molecule has 0 heterocycles. The van der Waals surface area contributed by atoms with E-state index in [4.69, 9.17) is 4.74 Å². The summed E-state index contributed by atoms with van der Waals surface area (Å²) in [5.41, 5.74) is 1.62. The van der Waals surface area contributed by atoms with Crippen molar-refractivity contribution in [3.8, 4) is 0 Å². The second-order valence-electron chi connectivity index (χ2n) is 3.77. The molecule has 17 heavy (non-hydrogen) atoms. The van der Waals surface area contributed by atoms with Gasteiger partial charge in [0, 0.05) is 16.6 Å². The van der Waals surface area contributed by atoms with Gasteiger partial charge in [0.15, 0.2) is 0 Å². The van der Waals surface area contributed by atoms with Crippen LogP contribution in [0.2, 0.25) is 0 Å². The first kappa shape index (κ1) is 13.9. The molecule has 0 saturated heterocycles. The lowest BCUT2D eigenvalue weighted by molar-refractivity contribution is 0.0927. The van der Waals surface area contributed by atoms with E-state index in [1.54, 1.807) is 12.1 Å². The van der Waals surface area contributed by atoms with E-state index in [9.17, 15) is 4.79 Å². The van der Waals surface area contributed by atoms with Gasteiger partial charge >= 0.3 is 0 Å². The molecule has 0 atom stereocenters. The van der Waals surface area contributed by atoms with E-state index in [0.717, 1.165) is 10.0 Å². The lowest BCUT2D eigenvalue weighted by atomic mass is 10.2. The van der Waals surface area contributed by atoms with Crippen molar-refractivity contribution in [2.24, 2.45) is 0 Å². The Morgan fingerprint density at radius 3 is 2.65 bits per heavy atom. The zero-order valence-electron chi connectivity index (χ0n) is 9.83. The van der Waals surface area contributed by atoms with Gasteiger partial charge in [0.1, 0.15) is 0 Å². The third-order valence-electron chi connectivity index (χ3n) is 1.99. The Labute approximate surface area is 110 Å². The largest absolute Gasteiger partial charge is 0.375 e. The van der Waals surface area contributed by atoms with Crippen molar-refractivity contribution in [1.82, 2.24) is 5.32 Å². The molecule has 3 nitrogen and oxygen atoms in total. The highest BCUT2D eigenvalue weighted by Gasteiger charge is 2.03. The van der Waals surface area contributed by atoms with Gasteiger partial charge < -0.3 is 10.1 Å². The molecule has 0 radical (unpaired) electrons. The normalized spacial score (nSPS) is 10.0. The molecule has 4 heteroatoms. The zero-order chi connectivity index (χ0) is 12.7. The molecule has 0 aliphatic carbocycles. The van der Waals surface area contributed by atoms with Gasteiger partial charge in [-0.05, 0) is 31.2 Å². The van der Waals surface area contributed by atoms with Crippen molar-refractivity contribution in [3.63, 3.8) is 0 Å². The number of nitrogens with one attached hydrogen (secondary N) is 1. The lowest BCUT2D eigenvalue weighted by Crippen LogP contribution is -2.27. The molecule has 0 aliphatic heterocycles. The van der Waals surface area contributed by atoms with Gasteiger partial charge in [0.05, 0.1) is 13.2 Å². The highest BCUT2D eigenvalue weighted by atomic mass is 79.9. The molecule has 0 saturated carbocycles. The van der Waals surface area contributed by atoms with Crippen LogP contribution in [0.25, 0.3) is 0 Å². The topological polar surface area (TPSA) is 38.3 Å². The first-order valence-electron chi connectivity index (χ1n) is 5.35. The van der Waals surface area contributed by atoms with E-state index >= 15 is 0 Å². The average Bonchev–Trinajstić information content (AvgIpc) is 2.29. The lowest BCUT2D eigenvalue weighted by Gasteiger charge is -2.06. The van der Waals surface area contributed by atoms with Gasteiger partial charge in [-0.1, -0.05) is 28.1 Å². The summed E-state index contributed by atoms with van der Waals surface area (Å²) in [6, 6.07) is 7.22. The summed E-state index contributed by atoms with van der Waals surface area (Å²) in [6.07, 6.45) is 0. The number of benzene rings is 1. The van der Waals surface area contributed by atoms with Crippen LogP contribution in [0.5, 0.6) is 0 Å². The van der Waals surface area contributed by atoms with Crippen LogP contribution in [-0.4, -0.2) is 25.7 Å². The van der Waals surface area contributed by atoms with Crippen LogP contribution >= 0.6 is 15.9 Å². The van der Waals surface area contributed by atoms with E-state index in [1.165, 1.54) is 0 Å². The third kappa shape index (κ3) is 5.65. The van der Waals surface area contributed by atoms with Gasteiger partial charge in [-0.15, -0.1) is 0 Å². The molecule has 1 rings (SSSR count). The number of amides is 1. The quantitative estimate of drug-likeness (QED) is 0.648. The van der Waals surface area contributed by atoms with Crippen molar-refractivity contribution in [1.29, 1.82) is 0 Å². The van der Waals surface area contributed by atoms with Crippen LogP contribution in [0, 0.1) is 0 Å². The highest BCUT2D eigenvalue weighted by molar-refractivity contribution is 9.10. The van der Waals surface area contributed by atoms with Gasteiger partial charge in [0.2, 0.25) is 0 Å². The monoisotopic (exact) mass is 297 g/mol. The number of carbonyl (C=O) groups excluding carboxylic acids is 1. The SMILES string of the molecule is C=C(C)COCCNC(=O)c1ccc(Br)cc1. The van der Waals surface area contributed by atoms with Crippen LogP contribution < -0.4 is 5.32 Å². The molecule has 0 fully saturated rings. The fourth-order valence-electron chi connectivity index (χ4n) is 1.19. The third-order valence-corrected chi connectivity index (χ3v) is 2.52. The predicted molar refractivity (Wildman–Crippen MR) is 72.1 cm³/mol. The van der Waals surface area contributed by atoms with Crippen molar-refractivity contribution < 1.29 is 9.53 Å². The predicted octanol–water partition coefficient (Wildman–Crippen LogP) is 2.77. The van der Waals surface area contributed by atoms with Crippen molar-refractivity contribution >= 4 is 21.8 Å². The van der Waals surface area contributed by atoms with Crippen LogP contribution in [0.1, 0.15) is 17.3 Å². The van der Waals surface area contributed by atoms with E-state index in [1.807, 2.05) is 19.1 Å². The number of rotatable bonds is 6. The first-order chi connectivity index (χ1) is 8.09. The minimum absolute atomic E-state index is 0.0866. The van der Waals surface area contributed by atoms with Crippen LogP contribution in [-0.2, 0) is 4.74 Å². The number of carbonyl (C=O) groups is 1. The standard InChI is InChI=1S/C13H16BrNO2/c1-10(2)9-17-8-7-15-13(16)11-3-5-12(14)6-4-11/h3-6H,1,7-9H2,2H3,(H,15,16). The van der Waals surface area contributed by atoms with Gasteiger partial charge in [0.25, 0.3) is 5.91 Å². The van der Waals surface area contributed by atoms with Crippen LogP contribution in [0.4, 0.5) is 0 Å². The number of hydrogen-bond acceptors (Lipinski definition) is 2. The molecule has 0 aliphatic rings. The number of ether oxygens (including phenoxy) is 1. The molecule has 0 bridgehead atoms. The summed E-state index contributed by atoms with van der Waals surface area (Å²) >= 11 is 3.32. The molecule has 1 N–H and O–H groups in total. The van der Waals surface area contributed by atoms with E-state index in [2.05, 4.69) is 27.8 Å². The molecule has 1 aromatic rings. The summed E-state index contributed by atoms with van der Waals surface area (Å²) in [6.45, 7) is 7.16. The Morgan fingerprint density at radius 1 is 1.41 bits per heavy atom. The van der Waals surface area contributed by atoms with E-state index < -0.39 is 0 Å². The fourth-order valence-corrected chi connectivity index (χ4v) is 1.45. The van der Waals surface area contributed by atoms with Gasteiger partial charge in [-0.3, -0.25) is 4.79 Å². The molecule has 0 unspecified atom stereocenters. The molecular weight excluding hydrogens is 282 g/mol. The maximum absolute atomic E-state index is 11.7. The molecule has 0 aromatic heterocycles. The zero-order valence-corrected chi connectivity index (χ0v) is 11.4. The number of hydrogen-bond donors (Lipinski definition) is 1. The molecule has 1 amide bonds. The first-order valence-corrected chi connectivity index (χ1v) is 6.15. The summed E-state index contributed by atoms with van der Waals surface area (Å²) < 4.78 is 6.24. The minimum atomic E-state index is -0.0866. The molecule has 1 aromatic carbocycles. The fraction of sp³-hybridized carbons (Fsp3) is 0.308.